The van der Waals surface area contributed by atoms with Gasteiger partial charge >= 0.3 is 0 Å². The lowest BCUT2D eigenvalue weighted by molar-refractivity contribution is 0.660. The summed E-state index contributed by atoms with van der Waals surface area (Å²) >= 11 is 0. The fourth-order valence-corrected chi connectivity index (χ4v) is 7.27. The summed E-state index contributed by atoms with van der Waals surface area (Å²) in [6.45, 7) is 11.1. The molecule has 0 bridgehead atoms. The number of aromatic nitrogens is 2. The third-order valence-electron chi connectivity index (χ3n) is 9.72. The van der Waals surface area contributed by atoms with Gasteiger partial charge < -0.3 is 0 Å². The van der Waals surface area contributed by atoms with Crippen molar-refractivity contribution in [2.75, 3.05) is 0 Å². The molecule has 9 rings (SSSR count). The van der Waals surface area contributed by atoms with Crippen LogP contribution in [0.25, 0.3) is 38.8 Å². The van der Waals surface area contributed by atoms with Gasteiger partial charge in [-0.05, 0) is 84.8 Å². The molecule has 0 saturated heterocycles. The summed E-state index contributed by atoms with van der Waals surface area (Å²) < 4.78 is 2.23. The van der Waals surface area contributed by atoms with Crippen molar-refractivity contribution in [3.05, 3.63) is 179 Å². The van der Waals surface area contributed by atoms with Gasteiger partial charge in [0.1, 0.15) is 5.82 Å². The second kappa shape index (κ2) is 12.5. The summed E-state index contributed by atoms with van der Waals surface area (Å²) in [6, 6.07) is 36.7. The lowest BCUT2D eigenvalue weighted by Gasteiger charge is -2.21. The molecule has 0 aliphatic heterocycles. The predicted octanol–water partition coefficient (Wildman–Crippen LogP) is 11.8. The second-order valence-corrected chi connectivity index (χ2v) is 13.5. The molecular weight excluding hydrogens is 569 g/mol. The zero-order chi connectivity index (χ0) is 32.5. The Bertz CT molecular complexity index is 2220. The van der Waals surface area contributed by atoms with Crippen LogP contribution in [0, 0.1) is 19.8 Å². The number of para-hydroxylation sites is 1. The molecule has 2 heteroatoms. The van der Waals surface area contributed by atoms with Gasteiger partial charge in [-0.15, -0.1) is 0 Å². The largest absolute Gasteiger partial charge is 0.294 e. The third kappa shape index (κ3) is 5.81. The molecule has 3 aliphatic rings. The van der Waals surface area contributed by atoms with E-state index in [1.54, 1.807) is 0 Å². The molecule has 0 radical (unpaired) electrons. The Morgan fingerprint density at radius 1 is 0.660 bits per heavy atom. The Morgan fingerprint density at radius 3 is 2.23 bits per heavy atom. The number of rotatable bonds is 1. The smallest absolute Gasteiger partial charge is 0.137 e. The van der Waals surface area contributed by atoms with Crippen LogP contribution in [-0.4, -0.2) is 9.55 Å². The molecule has 4 aromatic carbocycles. The topological polar surface area (TPSA) is 17.8 Å². The van der Waals surface area contributed by atoms with Gasteiger partial charge in [-0.2, -0.15) is 0 Å². The van der Waals surface area contributed by atoms with Gasteiger partial charge in [0.2, 0.25) is 0 Å². The maximum Gasteiger partial charge on any atom is 0.137 e. The number of nitrogens with zero attached hydrogens (tertiary/aromatic N) is 2. The fourth-order valence-electron chi connectivity index (χ4n) is 7.27. The molecule has 6 aromatic rings. The molecule has 0 saturated carbocycles. The van der Waals surface area contributed by atoms with E-state index in [0.29, 0.717) is 5.92 Å². The molecule has 0 N–H and O–H groups in total. The Kier molecular flexibility index (Phi) is 8.12. The van der Waals surface area contributed by atoms with E-state index in [4.69, 9.17) is 0 Å². The third-order valence-corrected chi connectivity index (χ3v) is 9.72. The molecule has 0 amide bonds. The van der Waals surface area contributed by atoms with Crippen molar-refractivity contribution in [3.8, 4) is 16.9 Å². The van der Waals surface area contributed by atoms with E-state index >= 15 is 0 Å². The molecule has 3 aliphatic carbocycles. The summed E-state index contributed by atoms with van der Waals surface area (Å²) in [5, 5.41) is 2.55. The first kappa shape index (κ1) is 30.4. The molecule has 232 valence electrons. The number of hydrogen-bond acceptors (Lipinski definition) is 1. The van der Waals surface area contributed by atoms with Crippen LogP contribution in [0.15, 0.2) is 157 Å². The van der Waals surface area contributed by atoms with Crippen LogP contribution in [-0.2, 0) is 5.41 Å². The van der Waals surface area contributed by atoms with Crippen molar-refractivity contribution in [2.45, 2.75) is 46.5 Å². The van der Waals surface area contributed by atoms with Crippen LogP contribution in [0.3, 0.4) is 0 Å². The molecular formula is C45H42N2. The van der Waals surface area contributed by atoms with E-state index in [0.717, 1.165) is 5.82 Å². The Morgan fingerprint density at radius 2 is 1.38 bits per heavy atom. The Balaban J connectivity index is 0.000000117. The number of allylic oxidation sites excluding steroid dienone is 8. The van der Waals surface area contributed by atoms with Crippen LogP contribution >= 0.6 is 0 Å². The zero-order valence-electron chi connectivity index (χ0n) is 28.0. The van der Waals surface area contributed by atoms with E-state index in [2.05, 4.69) is 166 Å². The minimum Gasteiger partial charge on any atom is -0.294 e. The van der Waals surface area contributed by atoms with Gasteiger partial charge in [0.05, 0.1) is 11.0 Å². The Hall–Kier alpha value is -5.21. The van der Waals surface area contributed by atoms with Gasteiger partial charge in [-0.25, -0.2) is 4.98 Å². The van der Waals surface area contributed by atoms with Gasteiger partial charge in [0, 0.05) is 28.3 Å². The van der Waals surface area contributed by atoms with Crippen molar-refractivity contribution in [1.82, 2.24) is 9.55 Å². The molecule has 0 spiro atoms. The van der Waals surface area contributed by atoms with Crippen molar-refractivity contribution in [1.29, 1.82) is 0 Å². The number of aryl methyl sites for hydroxylation is 2. The predicted molar refractivity (Wildman–Crippen MR) is 200 cm³/mol. The normalized spacial score (nSPS) is 16.6. The first-order valence-electron chi connectivity index (χ1n) is 16.7. The van der Waals surface area contributed by atoms with Crippen LogP contribution in [0.5, 0.6) is 0 Å². The molecule has 47 heavy (non-hydrogen) atoms. The molecule has 2 heterocycles. The molecule has 1 unspecified atom stereocenters. The van der Waals surface area contributed by atoms with Crippen molar-refractivity contribution < 1.29 is 0 Å². The van der Waals surface area contributed by atoms with Crippen molar-refractivity contribution in [2.24, 2.45) is 5.92 Å². The van der Waals surface area contributed by atoms with E-state index < -0.39 is 0 Å². The van der Waals surface area contributed by atoms with Gasteiger partial charge in [-0.1, -0.05) is 140 Å². The lowest BCUT2D eigenvalue weighted by atomic mass is 9.82. The lowest BCUT2D eigenvalue weighted by Crippen LogP contribution is -2.14. The van der Waals surface area contributed by atoms with Gasteiger partial charge in [0.15, 0.2) is 0 Å². The van der Waals surface area contributed by atoms with Crippen molar-refractivity contribution in [3.63, 3.8) is 0 Å². The minimum absolute atomic E-state index is 0.152. The molecule has 2 aromatic heterocycles. The monoisotopic (exact) mass is 610 g/mol. The minimum atomic E-state index is 0.152. The fraction of sp³-hybridized carbons (Fsp3) is 0.178. The Labute approximate surface area is 279 Å². The van der Waals surface area contributed by atoms with Gasteiger partial charge in [-0.3, -0.25) is 4.57 Å². The van der Waals surface area contributed by atoms with Gasteiger partial charge in [0.25, 0.3) is 0 Å². The van der Waals surface area contributed by atoms with Crippen LogP contribution < -0.4 is 0 Å². The van der Waals surface area contributed by atoms with Crippen LogP contribution in [0.4, 0.5) is 0 Å². The highest BCUT2D eigenvalue weighted by Gasteiger charge is 2.34. The molecule has 0 fully saturated rings. The summed E-state index contributed by atoms with van der Waals surface area (Å²) in [6.07, 6.45) is 16.2. The maximum absolute atomic E-state index is 4.51. The maximum atomic E-state index is 4.51. The van der Waals surface area contributed by atoms with Crippen LogP contribution in [0.1, 0.15) is 49.4 Å². The van der Waals surface area contributed by atoms with Crippen LogP contribution in [0.2, 0.25) is 0 Å². The highest BCUT2D eigenvalue weighted by Crippen LogP contribution is 2.48. The van der Waals surface area contributed by atoms with E-state index in [-0.39, 0.29) is 5.41 Å². The first-order chi connectivity index (χ1) is 22.8. The average Bonchev–Trinajstić information content (AvgIpc) is 3.53. The SMILES string of the molecule is CC1=CC=C2C=CC=CC2C1.Cc1ccc2c(c1)-c1ccccc1C2(C)C.Cc1ccc2c3ccccc3n(-c3ccccn3)c2c1. The number of hydrogen-bond donors (Lipinski definition) is 0. The first-order valence-corrected chi connectivity index (χ1v) is 16.7. The van der Waals surface area contributed by atoms with E-state index in [1.165, 1.54) is 72.8 Å². The number of pyridine rings is 1. The van der Waals surface area contributed by atoms with E-state index in [9.17, 15) is 0 Å². The number of benzene rings is 4. The summed E-state index contributed by atoms with van der Waals surface area (Å²) in [5.74, 6) is 1.62. The van der Waals surface area contributed by atoms with E-state index in [1.807, 2.05) is 24.4 Å². The second-order valence-electron chi connectivity index (χ2n) is 13.5. The average molecular weight is 611 g/mol. The standard InChI is InChI=1S/C18H14N2.C16H16.C11H12/c1-13-9-10-15-14-6-2-3-7-16(14)20(17(15)12-13)18-8-4-5-11-19-18;1-11-8-9-15-13(10-11)12-6-4-5-7-14(12)16(15,2)3;1-9-6-7-10-4-2-3-5-11(10)8-9/h2-12H,1H3;4-10H,1-3H3;2-7,11H,8H2,1H3. The molecule has 1 atom stereocenters. The highest BCUT2D eigenvalue weighted by molar-refractivity contribution is 6.09. The summed E-state index contributed by atoms with van der Waals surface area (Å²) in [5.41, 5.74) is 13.8. The quantitative estimate of drug-likeness (QED) is 0.181. The summed E-state index contributed by atoms with van der Waals surface area (Å²) in [7, 11) is 0. The van der Waals surface area contributed by atoms with Crippen molar-refractivity contribution >= 4 is 21.8 Å². The summed E-state index contributed by atoms with van der Waals surface area (Å²) in [4.78, 5) is 4.51. The molecule has 2 nitrogen and oxygen atoms in total. The highest BCUT2D eigenvalue weighted by atomic mass is 15.1. The zero-order valence-corrected chi connectivity index (χ0v) is 28.0. The number of fused-ring (bicyclic) bond motifs is 7.